The normalized spacial score (nSPS) is 11.7. The lowest BCUT2D eigenvalue weighted by Crippen LogP contribution is -2.38. The van der Waals surface area contributed by atoms with Crippen LogP contribution in [0.2, 0.25) is 0 Å². The molecular formula is C17H26N4OS. The summed E-state index contributed by atoms with van der Waals surface area (Å²) in [6, 6.07) is 3.90. The van der Waals surface area contributed by atoms with Crippen LogP contribution >= 0.6 is 11.3 Å². The topological polar surface area (TPSA) is 62.5 Å². The number of thiazole rings is 1. The zero-order valence-electron chi connectivity index (χ0n) is 14.2. The fraction of sp³-hybridized carbons (Fsp3) is 0.529. The van der Waals surface area contributed by atoms with Gasteiger partial charge in [0.1, 0.15) is 10.8 Å². The van der Waals surface area contributed by atoms with Crippen LogP contribution in [0.25, 0.3) is 0 Å². The number of aryl methyl sites for hydroxylation is 2. The Morgan fingerprint density at radius 3 is 2.78 bits per heavy atom. The number of aromatic nitrogens is 1. The Balaban J connectivity index is 1.87. The van der Waals surface area contributed by atoms with Crippen LogP contribution in [0, 0.1) is 13.8 Å². The second-order valence-electron chi connectivity index (χ2n) is 5.45. The first kappa shape index (κ1) is 17.5. The Bertz CT molecular complexity index is 585. The Kier molecular flexibility index (Phi) is 7.13. The highest BCUT2D eigenvalue weighted by molar-refractivity contribution is 7.11. The molecule has 0 saturated heterocycles. The number of nitrogens with zero attached hydrogens (tertiary/aromatic N) is 2. The van der Waals surface area contributed by atoms with E-state index in [4.69, 9.17) is 4.42 Å². The third-order valence-corrected chi connectivity index (χ3v) is 4.57. The highest BCUT2D eigenvalue weighted by Crippen LogP contribution is 2.16. The molecule has 0 unspecified atom stereocenters. The molecule has 0 aliphatic heterocycles. The number of guanidine groups is 1. The van der Waals surface area contributed by atoms with Crippen LogP contribution in [0.3, 0.4) is 0 Å². The predicted molar refractivity (Wildman–Crippen MR) is 96.1 cm³/mol. The van der Waals surface area contributed by atoms with Crippen LogP contribution in [0.15, 0.2) is 27.8 Å². The molecule has 0 aliphatic carbocycles. The minimum absolute atomic E-state index is 0.613. The van der Waals surface area contributed by atoms with Gasteiger partial charge < -0.3 is 15.1 Å². The van der Waals surface area contributed by atoms with Crippen molar-refractivity contribution >= 4 is 17.3 Å². The second kappa shape index (κ2) is 9.35. The maximum atomic E-state index is 5.35. The van der Waals surface area contributed by atoms with Crippen LogP contribution in [-0.4, -0.2) is 24.0 Å². The van der Waals surface area contributed by atoms with Crippen LogP contribution in [0.1, 0.15) is 41.1 Å². The molecule has 2 heterocycles. The molecule has 23 heavy (non-hydrogen) atoms. The third kappa shape index (κ3) is 6.06. The summed E-state index contributed by atoms with van der Waals surface area (Å²) >= 11 is 1.72. The summed E-state index contributed by atoms with van der Waals surface area (Å²) in [4.78, 5) is 10.5. The highest BCUT2D eigenvalue weighted by Gasteiger charge is 2.04. The summed E-state index contributed by atoms with van der Waals surface area (Å²) in [6.45, 7) is 8.66. The Morgan fingerprint density at radius 1 is 1.30 bits per heavy atom. The number of nitrogens with one attached hydrogen (secondary N) is 2. The molecule has 2 aromatic rings. The van der Waals surface area contributed by atoms with Crippen LogP contribution in [0.5, 0.6) is 0 Å². The summed E-state index contributed by atoms with van der Waals surface area (Å²) in [6.07, 6.45) is 4.85. The lowest BCUT2D eigenvalue weighted by atomic mass is 10.3. The van der Waals surface area contributed by atoms with Gasteiger partial charge in [-0.1, -0.05) is 13.3 Å². The smallest absolute Gasteiger partial charge is 0.191 e. The number of aliphatic imine (C=N–C) groups is 1. The van der Waals surface area contributed by atoms with Crippen molar-refractivity contribution in [2.24, 2.45) is 4.99 Å². The van der Waals surface area contributed by atoms with E-state index in [2.05, 4.69) is 34.5 Å². The van der Waals surface area contributed by atoms with E-state index in [-0.39, 0.29) is 0 Å². The quantitative estimate of drug-likeness (QED) is 0.441. The van der Waals surface area contributed by atoms with E-state index in [0.29, 0.717) is 6.54 Å². The molecule has 0 saturated carbocycles. The molecule has 6 heteroatoms. The van der Waals surface area contributed by atoms with Gasteiger partial charge in [-0.15, -0.1) is 11.3 Å². The van der Waals surface area contributed by atoms with Gasteiger partial charge in [-0.2, -0.15) is 0 Å². The SMILES string of the molecule is CCCCNC(=NCc1nc(C)c(C)s1)NCCc1ccco1. The maximum Gasteiger partial charge on any atom is 0.191 e. The summed E-state index contributed by atoms with van der Waals surface area (Å²) in [5.41, 5.74) is 1.10. The van der Waals surface area contributed by atoms with Crippen molar-refractivity contribution in [3.05, 3.63) is 39.7 Å². The molecular weight excluding hydrogens is 308 g/mol. The molecule has 0 spiro atoms. The van der Waals surface area contributed by atoms with E-state index < -0.39 is 0 Å². The van der Waals surface area contributed by atoms with Crippen molar-refractivity contribution in [1.82, 2.24) is 15.6 Å². The van der Waals surface area contributed by atoms with Gasteiger partial charge in [-0.3, -0.25) is 0 Å². The van der Waals surface area contributed by atoms with Crippen LogP contribution in [-0.2, 0) is 13.0 Å². The molecule has 5 nitrogen and oxygen atoms in total. The van der Waals surface area contributed by atoms with Gasteiger partial charge in [0.2, 0.25) is 0 Å². The van der Waals surface area contributed by atoms with E-state index in [1.807, 2.05) is 19.1 Å². The molecule has 0 bridgehead atoms. The molecule has 2 N–H and O–H groups in total. The molecule has 2 rings (SSSR count). The van der Waals surface area contributed by atoms with Crippen molar-refractivity contribution in [3.63, 3.8) is 0 Å². The number of unbranched alkanes of at least 4 members (excludes halogenated alkanes) is 1. The van der Waals surface area contributed by atoms with Crippen molar-refractivity contribution in [1.29, 1.82) is 0 Å². The van der Waals surface area contributed by atoms with Gasteiger partial charge >= 0.3 is 0 Å². The van der Waals surface area contributed by atoms with Crippen LogP contribution in [0.4, 0.5) is 0 Å². The lowest BCUT2D eigenvalue weighted by Gasteiger charge is -2.11. The second-order valence-corrected chi connectivity index (χ2v) is 6.74. The molecule has 0 aromatic carbocycles. The monoisotopic (exact) mass is 334 g/mol. The van der Waals surface area contributed by atoms with Crippen molar-refractivity contribution in [3.8, 4) is 0 Å². The van der Waals surface area contributed by atoms with Gasteiger partial charge in [-0.25, -0.2) is 9.98 Å². The van der Waals surface area contributed by atoms with E-state index in [1.165, 1.54) is 4.88 Å². The van der Waals surface area contributed by atoms with Gasteiger partial charge in [0, 0.05) is 24.4 Å². The highest BCUT2D eigenvalue weighted by atomic mass is 32.1. The minimum Gasteiger partial charge on any atom is -0.469 e. The number of hydrogen-bond donors (Lipinski definition) is 2. The average Bonchev–Trinajstić information content (AvgIpc) is 3.15. The zero-order chi connectivity index (χ0) is 16.5. The predicted octanol–water partition coefficient (Wildman–Crippen LogP) is 3.43. The first-order valence-electron chi connectivity index (χ1n) is 8.16. The minimum atomic E-state index is 0.613. The fourth-order valence-corrected chi connectivity index (χ4v) is 2.93. The van der Waals surface area contributed by atoms with Gasteiger partial charge in [0.15, 0.2) is 5.96 Å². The summed E-state index contributed by atoms with van der Waals surface area (Å²) < 4.78 is 5.35. The summed E-state index contributed by atoms with van der Waals surface area (Å²) in [5.74, 6) is 1.83. The Hall–Kier alpha value is -1.82. The molecule has 2 aromatic heterocycles. The molecule has 0 atom stereocenters. The van der Waals surface area contributed by atoms with Crippen molar-refractivity contribution in [2.75, 3.05) is 13.1 Å². The largest absolute Gasteiger partial charge is 0.469 e. The fourth-order valence-electron chi connectivity index (χ4n) is 2.07. The van der Waals surface area contributed by atoms with Gasteiger partial charge in [-0.05, 0) is 32.4 Å². The molecule has 0 radical (unpaired) electrons. The van der Waals surface area contributed by atoms with E-state index in [9.17, 15) is 0 Å². The first-order chi connectivity index (χ1) is 11.2. The standard InChI is InChI=1S/C17H26N4OS/c1-4-5-9-18-17(19-10-8-15-7-6-11-22-15)20-12-16-21-13(2)14(3)23-16/h6-7,11H,4-5,8-10,12H2,1-3H3,(H2,18,19,20). The molecule has 0 fully saturated rings. The lowest BCUT2D eigenvalue weighted by molar-refractivity contribution is 0.506. The average molecular weight is 334 g/mol. The van der Waals surface area contributed by atoms with Crippen LogP contribution < -0.4 is 10.6 Å². The molecule has 0 amide bonds. The molecule has 126 valence electrons. The number of hydrogen-bond acceptors (Lipinski definition) is 4. The number of rotatable bonds is 8. The summed E-state index contributed by atoms with van der Waals surface area (Å²) in [5, 5.41) is 7.80. The Morgan fingerprint density at radius 2 is 2.13 bits per heavy atom. The molecule has 0 aliphatic rings. The van der Waals surface area contributed by atoms with E-state index >= 15 is 0 Å². The maximum absolute atomic E-state index is 5.35. The first-order valence-corrected chi connectivity index (χ1v) is 8.98. The Labute approximate surface area is 142 Å². The number of furan rings is 1. The zero-order valence-corrected chi connectivity index (χ0v) is 15.0. The van der Waals surface area contributed by atoms with Crippen molar-refractivity contribution < 1.29 is 4.42 Å². The van der Waals surface area contributed by atoms with E-state index in [0.717, 1.165) is 54.8 Å². The third-order valence-electron chi connectivity index (χ3n) is 3.51. The summed E-state index contributed by atoms with van der Waals surface area (Å²) in [7, 11) is 0. The van der Waals surface area contributed by atoms with Crippen molar-refractivity contribution in [2.45, 2.75) is 46.6 Å². The van der Waals surface area contributed by atoms with Gasteiger partial charge in [0.05, 0.1) is 18.5 Å². The van der Waals surface area contributed by atoms with E-state index in [1.54, 1.807) is 17.6 Å². The van der Waals surface area contributed by atoms with Gasteiger partial charge in [0.25, 0.3) is 0 Å².